The zero-order chi connectivity index (χ0) is 23.5. The van der Waals surface area contributed by atoms with Gasteiger partial charge in [0.1, 0.15) is 12.4 Å². The molecule has 0 unspecified atom stereocenters. The lowest BCUT2D eigenvalue weighted by Gasteiger charge is -2.31. The normalized spacial score (nSPS) is 24.6. The van der Waals surface area contributed by atoms with Crippen LogP contribution in [0.25, 0.3) is 22.3 Å². The number of fused-ring (bicyclic) bond motifs is 5. The minimum absolute atomic E-state index is 0.0777. The Morgan fingerprint density at radius 3 is 2.74 bits per heavy atom. The highest BCUT2D eigenvalue weighted by atomic mass is 19.1. The zero-order valence-electron chi connectivity index (χ0n) is 18.8. The summed E-state index contributed by atoms with van der Waals surface area (Å²) in [6, 6.07) is 2.96. The number of benzene rings is 1. The maximum Gasteiger partial charge on any atom is 0.343 e. The summed E-state index contributed by atoms with van der Waals surface area (Å²) < 4.78 is 22.0. The van der Waals surface area contributed by atoms with Crippen molar-refractivity contribution >= 4 is 16.9 Å². The number of aliphatic hydroxyl groups is 1. The first-order chi connectivity index (χ1) is 16.3. The van der Waals surface area contributed by atoms with Crippen molar-refractivity contribution in [1.29, 1.82) is 0 Å². The highest BCUT2D eigenvalue weighted by Crippen LogP contribution is 2.50. The van der Waals surface area contributed by atoms with E-state index in [1.54, 1.807) is 17.6 Å². The summed E-state index contributed by atoms with van der Waals surface area (Å²) in [5.41, 5.74) is 10.3. The number of hydrogen-bond donors (Lipinski definition) is 2. The van der Waals surface area contributed by atoms with E-state index in [0.29, 0.717) is 29.9 Å². The third-order valence-electron chi connectivity index (χ3n) is 8.18. The monoisotopic (exact) mass is 461 g/mol. The maximum absolute atomic E-state index is 15.2. The van der Waals surface area contributed by atoms with E-state index in [4.69, 9.17) is 15.5 Å². The van der Waals surface area contributed by atoms with Gasteiger partial charge in [-0.3, -0.25) is 4.79 Å². The molecule has 4 heterocycles. The molecule has 2 atom stereocenters. The predicted molar refractivity (Wildman–Crippen MR) is 122 cm³/mol. The molecule has 1 fully saturated rings. The smallest absolute Gasteiger partial charge is 0.343 e. The van der Waals surface area contributed by atoms with Crippen LogP contribution in [0.5, 0.6) is 0 Å². The van der Waals surface area contributed by atoms with Crippen molar-refractivity contribution in [2.75, 3.05) is 0 Å². The van der Waals surface area contributed by atoms with Gasteiger partial charge >= 0.3 is 5.97 Å². The van der Waals surface area contributed by atoms with E-state index in [2.05, 4.69) is 0 Å². The fourth-order valence-electron chi connectivity index (χ4n) is 6.27. The number of halogens is 1. The second kappa shape index (κ2) is 6.52. The Balaban J connectivity index is 1.54. The van der Waals surface area contributed by atoms with Crippen molar-refractivity contribution in [3.05, 3.63) is 61.7 Å². The summed E-state index contributed by atoms with van der Waals surface area (Å²) in [7, 11) is 0. The molecule has 174 valence electrons. The Hall–Kier alpha value is -3.10. The Kier molecular flexibility index (Phi) is 3.89. The van der Waals surface area contributed by atoms with Gasteiger partial charge in [0.15, 0.2) is 5.60 Å². The minimum atomic E-state index is -1.88. The first kappa shape index (κ1) is 20.3. The summed E-state index contributed by atoms with van der Waals surface area (Å²) in [6.45, 7) is 1.80. The van der Waals surface area contributed by atoms with Crippen LogP contribution in [-0.2, 0) is 34.7 Å². The van der Waals surface area contributed by atoms with Gasteiger partial charge in [0.25, 0.3) is 5.56 Å². The standard InChI is InChI=1S/C26H24FN3O4/c1-2-26(33)15-7-19-23-13(9-30(19)24(31)14(15)10-34-25(26)32)21-17(28)6-5-12-20(11-3-4-11)16(27)8-18(29-23)22(12)21/h7-8,11,17,33H,2-6,9-10,28H2,1H3/t17-,26-/m0/s1. The number of nitrogens with zero attached hydrogens (tertiary/aromatic N) is 2. The molecule has 2 aliphatic carbocycles. The maximum atomic E-state index is 15.2. The van der Waals surface area contributed by atoms with Crippen molar-refractivity contribution in [3.8, 4) is 11.4 Å². The Labute approximate surface area is 194 Å². The van der Waals surface area contributed by atoms with Gasteiger partial charge in [0.05, 0.1) is 29.0 Å². The molecule has 3 N–H and O–H groups in total. The lowest BCUT2D eigenvalue weighted by atomic mass is 9.81. The first-order valence-electron chi connectivity index (χ1n) is 11.9. The largest absolute Gasteiger partial charge is 0.458 e. The number of cyclic esters (lactones) is 1. The Morgan fingerprint density at radius 1 is 1.21 bits per heavy atom. The molecule has 7 nitrogen and oxygen atoms in total. The van der Waals surface area contributed by atoms with Crippen molar-refractivity contribution in [2.24, 2.45) is 5.73 Å². The number of carbonyl (C=O) groups excluding carboxylic acids is 1. The van der Waals surface area contributed by atoms with Crippen LogP contribution < -0.4 is 11.3 Å². The SMILES string of the molecule is CC[C@@]1(O)C(=O)OCc2c1cc1n(c2=O)Cc2c-1nc1cc(F)c(C3CC3)c3c1c2[C@@H](N)CC3. The third-order valence-corrected chi connectivity index (χ3v) is 8.18. The number of ether oxygens (including phenoxy) is 1. The van der Waals surface area contributed by atoms with E-state index in [1.807, 2.05) is 0 Å². The minimum Gasteiger partial charge on any atom is -0.458 e. The molecular weight excluding hydrogens is 437 g/mol. The Bertz CT molecular complexity index is 1520. The van der Waals surface area contributed by atoms with E-state index in [-0.39, 0.29) is 47.5 Å². The molecule has 0 spiro atoms. The average molecular weight is 461 g/mol. The van der Waals surface area contributed by atoms with Crippen LogP contribution in [0.15, 0.2) is 16.9 Å². The van der Waals surface area contributed by atoms with Crippen molar-refractivity contribution in [1.82, 2.24) is 9.55 Å². The van der Waals surface area contributed by atoms with Gasteiger partial charge in [0.2, 0.25) is 0 Å². The molecule has 1 aromatic carbocycles. The molecule has 0 radical (unpaired) electrons. The highest BCUT2D eigenvalue weighted by Gasteiger charge is 2.46. The van der Waals surface area contributed by atoms with Gasteiger partial charge in [-0.05, 0) is 60.8 Å². The quantitative estimate of drug-likeness (QED) is 0.445. The third kappa shape index (κ3) is 2.40. The van der Waals surface area contributed by atoms with Crippen LogP contribution in [-0.4, -0.2) is 20.6 Å². The van der Waals surface area contributed by atoms with Gasteiger partial charge in [-0.15, -0.1) is 0 Å². The molecule has 8 heteroatoms. The van der Waals surface area contributed by atoms with Gasteiger partial charge in [0, 0.05) is 28.6 Å². The van der Waals surface area contributed by atoms with Crippen LogP contribution in [0.2, 0.25) is 0 Å². The average Bonchev–Trinajstić information content (AvgIpc) is 3.59. The van der Waals surface area contributed by atoms with Crippen LogP contribution in [0.4, 0.5) is 4.39 Å². The molecule has 0 amide bonds. The molecule has 1 saturated carbocycles. The van der Waals surface area contributed by atoms with E-state index in [9.17, 15) is 14.7 Å². The summed E-state index contributed by atoms with van der Waals surface area (Å²) in [4.78, 5) is 30.7. The number of carbonyl (C=O) groups is 1. The van der Waals surface area contributed by atoms with Crippen molar-refractivity contribution in [2.45, 2.75) is 69.7 Å². The second-order valence-electron chi connectivity index (χ2n) is 10.0. The van der Waals surface area contributed by atoms with Gasteiger partial charge < -0.3 is 20.1 Å². The van der Waals surface area contributed by atoms with Crippen LogP contribution in [0.3, 0.4) is 0 Å². The van der Waals surface area contributed by atoms with E-state index in [1.165, 1.54) is 6.07 Å². The summed E-state index contributed by atoms with van der Waals surface area (Å²) in [5.74, 6) is -0.707. The van der Waals surface area contributed by atoms with Crippen LogP contribution >= 0.6 is 0 Å². The number of nitrogens with two attached hydrogens (primary N) is 1. The molecule has 0 saturated heterocycles. The Morgan fingerprint density at radius 2 is 2.00 bits per heavy atom. The van der Waals surface area contributed by atoms with Crippen molar-refractivity contribution < 1.29 is 19.0 Å². The van der Waals surface area contributed by atoms with E-state index in [0.717, 1.165) is 46.9 Å². The topological polar surface area (TPSA) is 107 Å². The zero-order valence-corrected chi connectivity index (χ0v) is 18.8. The lowest BCUT2D eigenvalue weighted by Crippen LogP contribution is -2.44. The summed E-state index contributed by atoms with van der Waals surface area (Å²) >= 11 is 0. The number of aryl methyl sites for hydroxylation is 1. The van der Waals surface area contributed by atoms with Gasteiger partial charge in [-0.1, -0.05) is 6.92 Å². The number of rotatable bonds is 2. The fourth-order valence-corrected chi connectivity index (χ4v) is 6.27. The first-order valence-corrected chi connectivity index (χ1v) is 11.9. The number of pyridine rings is 2. The van der Waals surface area contributed by atoms with E-state index < -0.39 is 11.6 Å². The van der Waals surface area contributed by atoms with E-state index >= 15 is 4.39 Å². The fraction of sp³-hybridized carbons (Fsp3) is 0.423. The molecule has 34 heavy (non-hydrogen) atoms. The molecule has 2 aromatic heterocycles. The molecule has 7 rings (SSSR count). The molecule has 2 aliphatic heterocycles. The van der Waals surface area contributed by atoms with Gasteiger partial charge in [-0.2, -0.15) is 0 Å². The predicted octanol–water partition coefficient (Wildman–Crippen LogP) is 3.04. The van der Waals surface area contributed by atoms with Crippen LogP contribution in [0.1, 0.15) is 77.9 Å². The molecular formula is C26H24FN3O4. The van der Waals surface area contributed by atoms with Gasteiger partial charge in [-0.25, -0.2) is 14.2 Å². The lowest BCUT2D eigenvalue weighted by molar-refractivity contribution is -0.172. The highest BCUT2D eigenvalue weighted by molar-refractivity contribution is 5.93. The number of aromatic nitrogens is 2. The summed E-state index contributed by atoms with van der Waals surface area (Å²) in [5, 5.41) is 12.0. The van der Waals surface area contributed by atoms with Crippen molar-refractivity contribution in [3.63, 3.8) is 0 Å². The number of hydrogen-bond acceptors (Lipinski definition) is 6. The molecule has 0 bridgehead atoms. The second-order valence-corrected chi connectivity index (χ2v) is 10.0. The number of esters is 1. The van der Waals surface area contributed by atoms with Crippen LogP contribution in [0, 0.1) is 5.82 Å². The molecule has 3 aromatic rings. The molecule has 4 aliphatic rings. The summed E-state index contributed by atoms with van der Waals surface area (Å²) in [6.07, 6.45) is 3.51.